The normalized spacial score (nSPS) is 19.3. The van der Waals surface area contributed by atoms with E-state index in [9.17, 15) is 0 Å². The first kappa shape index (κ1) is 7.90. The van der Waals surface area contributed by atoms with E-state index in [2.05, 4.69) is 20.4 Å². The highest BCUT2D eigenvalue weighted by Gasteiger charge is 2.20. The Morgan fingerprint density at radius 1 is 0.917 bits per heavy atom. The van der Waals surface area contributed by atoms with Crippen molar-refractivity contribution in [3.63, 3.8) is 0 Å². The van der Waals surface area contributed by atoms with Gasteiger partial charge in [-0.15, -0.1) is 0 Å². The van der Waals surface area contributed by atoms with E-state index in [0.717, 1.165) is 0 Å². The van der Waals surface area contributed by atoms with Crippen molar-refractivity contribution in [2.45, 2.75) is 19.6 Å². The van der Waals surface area contributed by atoms with Crippen molar-refractivity contribution in [3.8, 4) is 0 Å². The summed E-state index contributed by atoms with van der Waals surface area (Å²) in [4.78, 5) is 5.37. The van der Waals surface area contributed by atoms with E-state index in [-0.39, 0.29) is 0 Å². The van der Waals surface area contributed by atoms with E-state index in [1.807, 2.05) is 23.9 Å². The zero-order valence-electron chi connectivity index (χ0n) is 5.81. The number of fused-ring (bicyclic) bond motifs is 2. The maximum Gasteiger partial charge on any atom is 0.123 e. The highest BCUT2D eigenvalue weighted by atomic mass is 32.2. The fraction of sp³-hybridized carbons (Fsp3) is 0. The van der Waals surface area contributed by atoms with Crippen molar-refractivity contribution < 1.29 is 4.13 Å². The molecule has 6 heteroatoms. The monoisotopic (exact) mass is 232 g/mol. The van der Waals surface area contributed by atoms with Crippen LogP contribution in [-0.2, 0) is 0 Å². The predicted octanol–water partition coefficient (Wildman–Crippen LogP) is 2.68. The molecule has 1 aromatic carbocycles. The first-order valence-corrected chi connectivity index (χ1v) is 6.61. The Morgan fingerprint density at radius 2 is 1.50 bits per heavy atom. The zero-order valence-corrected chi connectivity index (χ0v) is 9.08. The average molecular weight is 232 g/mol. The zero-order chi connectivity index (χ0) is 7.97. The molecule has 0 fully saturated rings. The number of quaternary nitrogens is 1. The Balaban J connectivity index is 2.18. The van der Waals surface area contributed by atoms with E-state index < -0.39 is 0 Å². The molecule has 0 atom stereocenters. The molecule has 12 heavy (non-hydrogen) atoms. The van der Waals surface area contributed by atoms with E-state index in [1.54, 1.807) is 23.9 Å². The SMILES string of the molecule is c1c2c(cc3c1S[NH2+]S3)S[N-]S2. The van der Waals surface area contributed by atoms with Gasteiger partial charge in [0.25, 0.3) is 0 Å². The summed E-state index contributed by atoms with van der Waals surface area (Å²) >= 11 is 6.79. The molecule has 0 radical (unpaired) electrons. The van der Waals surface area contributed by atoms with Crippen LogP contribution in [0.3, 0.4) is 0 Å². The third-order valence-electron chi connectivity index (χ3n) is 1.63. The quantitative estimate of drug-likeness (QED) is 0.697. The van der Waals surface area contributed by atoms with Crippen LogP contribution < -0.4 is 4.13 Å². The smallest absolute Gasteiger partial charge is 0.123 e. The van der Waals surface area contributed by atoms with Crippen LogP contribution in [0.4, 0.5) is 0 Å². The first-order valence-electron chi connectivity index (χ1n) is 3.31. The minimum absolute atomic E-state index is 1.31. The molecule has 0 aromatic heterocycles. The van der Waals surface area contributed by atoms with Crippen molar-refractivity contribution in [3.05, 3.63) is 16.3 Å². The summed E-state index contributed by atoms with van der Waals surface area (Å²) in [6, 6.07) is 4.47. The van der Waals surface area contributed by atoms with Gasteiger partial charge in [0.15, 0.2) is 0 Å². The van der Waals surface area contributed by atoms with Crippen LogP contribution in [0.25, 0.3) is 4.13 Å². The van der Waals surface area contributed by atoms with E-state index in [4.69, 9.17) is 0 Å². The highest BCUT2D eigenvalue weighted by Crippen LogP contribution is 2.51. The molecule has 0 unspecified atom stereocenters. The molecule has 0 spiro atoms. The lowest BCUT2D eigenvalue weighted by atomic mass is 10.3. The van der Waals surface area contributed by atoms with Gasteiger partial charge < -0.3 is 4.13 Å². The summed E-state index contributed by atoms with van der Waals surface area (Å²) < 4.78 is 6.37. The van der Waals surface area contributed by atoms with Gasteiger partial charge in [0, 0.05) is 9.79 Å². The van der Waals surface area contributed by atoms with Gasteiger partial charge in [-0.1, -0.05) is 0 Å². The molecule has 2 heterocycles. The Hall–Kier alpha value is 0.540. The van der Waals surface area contributed by atoms with Crippen molar-refractivity contribution >= 4 is 47.8 Å². The number of hydrogen-bond donors (Lipinski definition) is 1. The van der Waals surface area contributed by atoms with Crippen LogP contribution in [0.2, 0.25) is 0 Å². The van der Waals surface area contributed by atoms with Gasteiger partial charge in [0.2, 0.25) is 0 Å². The molecule has 0 saturated heterocycles. The molecule has 2 aliphatic rings. The molecular weight excluding hydrogens is 228 g/mol. The number of benzene rings is 1. The maximum atomic E-state index is 4.20. The summed E-state index contributed by atoms with van der Waals surface area (Å²) in [5.74, 6) is 0. The number of rotatable bonds is 0. The van der Waals surface area contributed by atoms with Crippen LogP contribution in [-0.4, -0.2) is 0 Å². The summed E-state index contributed by atoms with van der Waals surface area (Å²) in [7, 11) is 0. The summed E-state index contributed by atoms with van der Waals surface area (Å²) in [6.07, 6.45) is 0. The highest BCUT2D eigenvalue weighted by molar-refractivity contribution is 8.22. The second kappa shape index (κ2) is 3.04. The molecule has 0 bridgehead atoms. The van der Waals surface area contributed by atoms with Crippen LogP contribution in [0.5, 0.6) is 0 Å². The number of nitrogens with zero attached hydrogens (tertiary/aromatic N) is 1. The van der Waals surface area contributed by atoms with Crippen LogP contribution in [0.1, 0.15) is 0 Å². The second-order valence-corrected chi connectivity index (χ2v) is 6.30. The van der Waals surface area contributed by atoms with Crippen molar-refractivity contribution in [1.82, 2.24) is 0 Å². The Labute approximate surface area is 87.6 Å². The lowest BCUT2D eigenvalue weighted by Gasteiger charge is -2.01. The molecule has 2 N–H and O–H groups in total. The number of nitrogens with two attached hydrogens (primary N) is 1. The van der Waals surface area contributed by atoms with Crippen molar-refractivity contribution in [1.29, 1.82) is 0 Å². The number of hydrogen-bond acceptors (Lipinski definition) is 4. The molecule has 2 nitrogen and oxygen atoms in total. The van der Waals surface area contributed by atoms with E-state index in [0.29, 0.717) is 0 Å². The largest absolute Gasteiger partial charge is 0.542 e. The van der Waals surface area contributed by atoms with Crippen LogP contribution >= 0.6 is 47.8 Å². The van der Waals surface area contributed by atoms with Crippen molar-refractivity contribution in [2.24, 2.45) is 0 Å². The van der Waals surface area contributed by atoms with Crippen LogP contribution in [0.15, 0.2) is 31.7 Å². The van der Waals surface area contributed by atoms with Crippen LogP contribution in [0, 0.1) is 0 Å². The molecular formula is C6H4N2S4. The minimum atomic E-state index is 1.31. The molecule has 0 amide bonds. The summed E-state index contributed by atoms with van der Waals surface area (Å²) in [6.45, 7) is 0. The van der Waals surface area contributed by atoms with E-state index in [1.165, 1.54) is 19.6 Å². The van der Waals surface area contributed by atoms with Gasteiger partial charge in [0.05, 0.1) is 9.79 Å². The van der Waals surface area contributed by atoms with Gasteiger partial charge >= 0.3 is 0 Å². The molecule has 62 valence electrons. The summed E-state index contributed by atoms with van der Waals surface area (Å²) in [5, 5.41) is 0. The molecule has 2 aliphatic heterocycles. The Morgan fingerprint density at radius 3 is 2.08 bits per heavy atom. The topological polar surface area (TPSA) is 30.7 Å². The standard InChI is InChI=1S/C6H3N2S4/c1-3-5(11-7-9-3)2-6-4(1)10-8-12-6/h1-2,7H/q-1/p+1. The molecule has 3 rings (SSSR count). The van der Waals surface area contributed by atoms with Gasteiger partial charge in [-0.05, 0) is 12.1 Å². The Bertz CT molecular complexity index is 280. The predicted molar refractivity (Wildman–Crippen MR) is 55.2 cm³/mol. The van der Waals surface area contributed by atoms with Gasteiger partial charge in [-0.25, -0.2) is 28.0 Å². The lowest BCUT2D eigenvalue weighted by molar-refractivity contribution is -0.264. The van der Waals surface area contributed by atoms with E-state index >= 15 is 0 Å². The fourth-order valence-corrected chi connectivity index (χ4v) is 4.91. The maximum absolute atomic E-state index is 4.20. The molecule has 0 saturated carbocycles. The third-order valence-corrected chi connectivity index (χ3v) is 5.51. The summed E-state index contributed by atoms with van der Waals surface area (Å²) in [5.41, 5.74) is 0. The van der Waals surface area contributed by atoms with Crippen molar-refractivity contribution in [2.75, 3.05) is 0 Å². The first-order chi connectivity index (χ1) is 5.93. The Kier molecular flexibility index (Phi) is 2.00. The third kappa shape index (κ3) is 1.18. The molecule has 1 aromatic rings. The lowest BCUT2D eigenvalue weighted by Crippen LogP contribution is -2.62. The van der Waals surface area contributed by atoms with Gasteiger partial charge in [-0.3, -0.25) is 0 Å². The second-order valence-electron chi connectivity index (χ2n) is 2.33. The average Bonchev–Trinajstić information content (AvgIpc) is 2.64. The fourth-order valence-electron chi connectivity index (χ4n) is 1.08. The van der Waals surface area contributed by atoms with Gasteiger partial charge in [-0.2, -0.15) is 0 Å². The van der Waals surface area contributed by atoms with Gasteiger partial charge in [0.1, 0.15) is 23.9 Å². The minimum Gasteiger partial charge on any atom is -0.542 e. The molecule has 0 aliphatic carbocycles.